The van der Waals surface area contributed by atoms with Crippen LogP contribution >= 0.6 is 24.6 Å². The van der Waals surface area contributed by atoms with Crippen LogP contribution in [0, 0.1) is 0 Å². The minimum atomic E-state index is 0. The zero-order chi connectivity index (χ0) is 10.7. The van der Waals surface area contributed by atoms with Gasteiger partial charge in [0.1, 0.15) is 10.7 Å². The highest BCUT2D eigenvalue weighted by molar-refractivity contribution is 7.80. The molecule has 0 aliphatic rings. The van der Waals surface area contributed by atoms with Crippen LogP contribution in [-0.4, -0.2) is 15.0 Å². The second kappa shape index (κ2) is 5.53. The molecular formula is C11H10ClN3S. The van der Waals surface area contributed by atoms with Gasteiger partial charge < -0.3 is 5.73 Å². The van der Waals surface area contributed by atoms with Gasteiger partial charge in [-0.25, -0.2) is 0 Å². The first kappa shape index (κ1) is 12.5. The molecule has 0 bridgehead atoms. The van der Waals surface area contributed by atoms with Crippen LogP contribution in [-0.2, 0) is 0 Å². The van der Waals surface area contributed by atoms with Crippen LogP contribution in [0.25, 0.3) is 11.3 Å². The van der Waals surface area contributed by atoms with Gasteiger partial charge in [0.2, 0.25) is 0 Å². The van der Waals surface area contributed by atoms with Crippen LogP contribution in [0.5, 0.6) is 0 Å². The van der Waals surface area contributed by atoms with E-state index in [9.17, 15) is 0 Å². The second-order valence-corrected chi connectivity index (χ2v) is 3.42. The Labute approximate surface area is 105 Å². The highest BCUT2D eigenvalue weighted by Crippen LogP contribution is 2.18. The summed E-state index contributed by atoms with van der Waals surface area (Å²) in [5, 5.41) is 0. The zero-order valence-corrected chi connectivity index (χ0v) is 9.96. The summed E-state index contributed by atoms with van der Waals surface area (Å²) in [5.74, 6) is 0. The lowest BCUT2D eigenvalue weighted by atomic mass is 10.1. The highest BCUT2D eigenvalue weighted by atomic mass is 35.5. The van der Waals surface area contributed by atoms with Crippen molar-refractivity contribution in [3.63, 3.8) is 0 Å². The summed E-state index contributed by atoms with van der Waals surface area (Å²) in [4.78, 5) is 8.67. The first-order valence-electron chi connectivity index (χ1n) is 4.45. The van der Waals surface area contributed by atoms with Gasteiger partial charge in [0.05, 0.1) is 5.69 Å². The first-order chi connectivity index (χ1) is 7.29. The number of aromatic nitrogens is 2. The molecule has 0 fully saturated rings. The molecule has 2 aromatic heterocycles. The summed E-state index contributed by atoms with van der Waals surface area (Å²) in [6.07, 6.45) is 3.40. The van der Waals surface area contributed by atoms with Crippen molar-refractivity contribution in [2.24, 2.45) is 5.73 Å². The first-order valence-corrected chi connectivity index (χ1v) is 4.86. The lowest BCUT2D eigenvalue weighted by Crippen LogP contribution is -2.13. The van der Waals surface area contributed by atoms with Crippen LogP contribution in [0.2, 0.25) is 0 Å². The van der Waals surface area contributed by atoms with E-state index < -0.39 is 0 Å². The summed E-state index contributed by atoms with van der Waals surface area (Å²) >= 11 is 4.94. The molecule has 2 N–H and O–H groups in total. The Morgan fingerprint density at radius 2 is 1.81 bits per heavy atom. The summed E-state index contributed by atoms with van der Waals surface area (Å²) in [6.45, 7) is 0. The lowest BCUT2D eigenvalue weighted by molar-refractivity contribution is 1.26. The fourth-order valence-corrected chi connectivity index (χ4v) is 1.49. The maximum atomic E-state index is 5.59. The van der Waals surface area contributed by atoms with E-state index in [4.69, 9.17) is 18.0 Å². The molecule has 3 nitrogen and oxygen atoms in total. The van der Waals surface area contributed by atoms with Gasteiger partial charge in [-0.15, -0.1) is 12.4 Å². The van der Waals surface area contributed by atoms with Crippen molar-refractivity contribution in [1.82, 2.24) is 9.97 Å². The number of pyridine rings is 2. The molecule has 0 aliphatic carbocycles. The summed E-state index contributed by atoms with van der Waals surface area (Å²) in [5.41, 5.74) is 7.90. The number of thiocarbonyl (C=S) groups is 1. The number of nitrogens with zero attached hydrogens (tertiary/aromatic N) is 2. The molecule has 16 heavy (non-hydrogen) atoms. The van der Waals surface area contributed by atoms with Crippen molar-refractivity contribution in [3.05, 3.63) is 48.4 Å². The maximum Gasteiger partial charge on any atom is 0.123 e. The van der Waals surface area contributed by atoms with E-state index >= 15 is 0 Å². The lowest BCUT2D eigenvalue weighted by Gasteiger charge is -2.05. The molecule has 0 amide bonds. The normalized spacial score (nSPS) is 9.25. The van der Waals surface area contributed by atoms with Gasteiger partial charge in [-0.2, -0.15) is 0 Å². The molecule has 0 radical (unpaired) electrons. The molecule has 0 spiro atoms. The van der Waals surface area contributed by atoms with Gasteiger partial charge in [0.25, 0.3) is 0 Å². The van der Waals surface area contributed by atoms with Gasteiger partial charge in [-0.1, -0.05) is 18.3 Å². The Morgan fingerprint density at radius 3 is 2.44 bits per heavy atom. The van der Waals surface area contributed by atoms with Gasteiger partial charge in [-0.05, 0) is 24.3 Å². The third-order valence-electron chi connectivity index (χ3n) is 1.98. The molecule has 0 saturated carbocycles. The standard InChI is InChI=1S/C11H9N3S.ClH/c12-11(15)10-8(4-3-7-14-10)9-5-1-2-6-13-9;/h1-7H,(H2,12,15);1H. The smallest absolute Gasteiger partial charge is 0.123 e. The van der Waals surface area contributed by atoms with Gasteiger partial charge in [0.15, 0.2) is 0 Å². The van der Waals surface area contributed by atoms with Crippen molar-refractivity contribution in [1.29, 1.82) is 0 Å². The summed E-state index contributed by atoms with van der Waals surface area (Å²) in [7, 11) is 0. The van der Waals surface area contributed by atoms with Gasteiger partial charge in [0, 0.05) is 18.0 Å². The third kappa shape index (κ3) is 2.53. The van der Waals surface area contributed by atoms with Crippen LogP contribution < -0.4 is 5.73 Å². The molecule has 82 valence electrons. The minimum absolute atomic E-state index is 0. The summed E-state index contributed by atoms with van der Waals surface area (Å²) in [6, 6.07) is 9.42. The number of hydrogen-bond acceptors (Lipinski definition) is 3. The SMILES string of the molecule is Cl.NC(=S)c1ncccc1-c1ccccn1. The number of rotatable bonds is 2. The summed E-state index contributed by atoms with van der Waals surface area (Å²) < 4.78 is 0. The van der Waals surface area contributed by atoms with E-state index in [0.29, 0.717) is 5.69 Å². The fraction of sp³-hybridized carbons (Fsp3) is 0. The van der Waals surface area contributed by atoms with E-state index in [-0.39, 0.29) is 17.4 Å². The van der Waals surface area contributed by atoms with Crippen molar-refractivity contribution in [3.8, 4) is 11.3 Å². The van der Waals surface area contributed by atoms with Crippen molar-refractivity contribution >= 4 is 29.6 Å². The van der Waals surface area contributed by atoms with Crippen molar-refractivity contribution in [2.75, 3.05) is 0 Å². The Balaban J connectivity index is 0.00000128. The number of halogens is 1. The Morgan fingerprint density at radius 1 is 1.06 bits per heavy atom. The Hall–Kier alpha value is -1.52. The average Bonchev–Trinajstić information content (AvgIpc) is 2.30. The van der Waals surface area contributed by atoms with Crippen LogP contribution in [0.15, 0.2) is 42.7 Å². The average molecular weight is 252 g/mol. The van der Waals surface area contributed by atoms with Crippen molar-refractivity contribution < 1.29 is 0 Å². The zero-order valence-electron chi connectivity index (χ0n) is 8.33. The molecule has 0 aliphatic heterocycles. The fourth-order valence-electron chi connectivity index (χ4n) is 1.33. The van der Waals surface area contributed by atoms with Crippen LogP contribution in [0.3, 0.4) is 0 Å². The predicted molar refractivity (Wildman–Crippen MR) is 70.6 cm³/mol. The second-order valence-electron chi connectivity index (χ2n) is 2.98. The van der Waals surface area contributed by atoms with E-state index in [1.165, 1.54) is 0 Å². The third-order valence-corrected chi connectivity index (χ3v) is 2.18. The number of hydrogen-bond donors (Lipinski definition) is 1. The molecule has 2 rings (SSSR count). The van der Waals surface area contributed by atoms with Crippen LogP contribution in [0.4, 0.5) is 0 Å². The minimum Gasteiger partial charge on any atom is -0.388 e. The molecule has 0 atom stereocenters. The maximum absolute atomic E-state index is 5.59. The Bertz CT molecular complexity index is 488. The van der Waals surface area contributed by atoms with Gasteiger partial charge >= 0.3 is 0 Å². The van der Waals surface area contributed by atoms with E-state index in [2.05, 4.69) is 9.97 Å². The van der Waals surface area contributed by atoms with E-state index in [1.54, 1.807) is 12.4 Å². The van der Waals surface area contributed by atoms with E-state index in [0.717, 1.165) is 11.3 Å². The molecule has 0 unspecified atom stereocenters. The molecule has 0 saturated heterocycles. The van der Waals surface area contributed by atoms with Gasteiger partial charge in [-0.3, -0.25) is 9.97 Å². The predicted octanol–water partition coefficient (Wildman–Crippen LogP) is 2.20. The quantitative estimate of drug-likeness (QED) is 0.832. The number of nitrogens with two attached hydrogens (primary N) is 1. The van der Waals surface area contributed by atoms with Crippen molar-refractivity contribution in [2.45, 2.75) is 0 Å². The molecule has 2 aromatic rings. The molecule has 5 heteroatoms. The molecule has 0 aromatic carbocycles. The molecular weight excluding hydrogens is 242 g/mol. The van der Waals surface area contributed by atoms with Crippen LogP contribution in [0.1, 0.15) is 5.69 Å². The topological polar surface area (TPSA) is 51.8 Å². The van der Waals surface area contributed by atoms with E-state index in [1.807, 2.05) is 30.3 Å². The highest BCUT2D eigenvalue weighted by Gasteiger charge is 2.08. The molecule has 2 heterocycles. The Kier molecular flexibility index (Phi) is 4.34. The largest absolute Gasteiger partial charge is 0.388 e. The monoisotopic (exact) mass is 251 g/mol.